The number of hydrogen-bond acceptors (Lipinski definition) is 2. The third-order valence-corrected chi connectivity index (χ3v) is 5.18. The van der Waals surface area contributed by atoms with E-state index in [1.165, 1.54) is 11.8 Å². The molecule has 3 rings (SSSR count). The van der Waals surface area contributed by atoms with E-state index in [0.717, 1.165) is 16.7 Å². The van der Waals surface area contributed by atoms with Crippen molar-refractivity contribution < 1.29 is 35.9 Å². The summed E-state index contributed by atoms with van der Waals surface area (Å²) in [6.07, 6.45) is -12.0. The van der Waals surface area contributed by atoms with E-state index in [9.17, 15) is 31.1 Å². The maximum absolute atomic E-state index is 13.2. The van der Waals surface area contributed by atoms with Crippen molar-refractivity contribution in [2.24, 2.45) is 0 Å². The van der Waals surface area contributed by atoms with E-state index >= 15 is 0 Å². The normalized spacial score (nSPS) is 19.9. The molecule has 2 atom stereocenters. The van der Waals surface area contributed by atoms with Crippen molar-refractivity contribution in [1.82, 2.24) is 4.90 Å². The molecule has 0 saturated carbocycles. The molecule has 0 N–H and O–H groups in total. The minimum atomic E-state index is -4.97. The molecule has 1 amide bonds. The summed E-state index contributed by atoms with van der Waals surface area (Å²) < 4.78 is 84.1. The predicted octanol–water partition coefficient (Wildman–Crippen LogP) is 6.42. The van der Waals surface area contributed by atoms with Crippen LogP contribution in [0.3, 0.4) is 0 Å². The second-order valence-corrected chi connectivity index (χ2v) is 7.44. The molecule has 3 nitrogen and oxygen atoms in total. The summed E-state index contributed by atoms with van der Waals surface area (Å²) in [6, 6.07) is 6.14. The summed E-state index contributed by atoms with van der Waals surface area (Å²) in [5.74, 6) is 0. The standard InChI is InChI=1S/C21H19F6NO2/c1-11-4-5-12(2)15(6-11)10-28-13(3)18(30-19(28)29)14-7-16(20(22,23)24)9-17(8-14)21(25,26)27/h4-9,13,18H,10H2,1-3H3/t13-,18-/m0/s1. The fourth-order valence-corrected chi connectivity index (χ4v) is 3.46. The number of aryl methyl sites for hydroxylation is 2. The first-order valence-electron chi connectivity index (χ1n) is 9.10. The highest BCUT2D eigenvalue weighted by molar-refractivity contribution is 5.71. The Morgan fingerprint density at radius 3 is 2.03 bits per heavy atom. The number of carbonyl (C=O) groups excluding carboxylic acids is 1. The van der Waals surface area contributed by atoms with Crippen LogP contribution in [-0.2, 0) is 23.6 Å². The second kappa shape index (κ2) is 7.52. The molecule has 2 aromatic carbocycles. The van der Waals surface area contributed by atoms with Crippen LogP contribution >= 0.6 is 0 Å². The average molecular weight is 431 g/mol. The number of cyclic esters (lactones) is 1. The quantitative estimate of drug-likeness (QED) is 0.525. The molecular formula is C21H19F6NO2. The van der Waals surface area contributed by atoms with Crippen molar-refractivity contribution >= 4 is 6.09 Å². The van der Waals surface area contributed by atoms with Crippen molar-refractivity contribution in [3.63, 3.8) is 0 Å². The summed E-state index contributed by atoms with van der Waals surface area (Å²) >= 11 is 0. The number of carbonyl (C=O) groups is 1. The molecule has 1 saturated heterocycles. The number of hydrogen-bond donors (Lipinski definition) is 0. The van der Waals surface area contributed by atoms with E-state index in [1.807, 2.05) is 32.0 Å². The third-order valence-electron chi connectivity index (χ3n) is 5.18. The lowest BCUT2D eigenvalue weighted by Crippen LogP contribution is -2.31. The Hall–Kier alpha value is -2.71. The molecule has 0 aliphatic carbocycles. The highest BCUT2D eigenvalue weighted by Gasteiger charge is 2.43. The summed E-state index contributed by atoms with van der Waals surface area (Å²) in [6.45, 7) is 5.39. The van der Waals surface area contributed by atoms with E-state index in [4.69, 9.17) is 4.74 Å². The molecule has 0 unspecified atom stereocenters. The molecule has 0 radical (unpaired) electrons. The number of halogens is 6. The van der Waals surface area contributed by atoms with Gasteiger partial charge in [0.05, 0.1) is 17.2 Å². The third kappa shape index (κ3) is 4.39. The first-order valence-corrected chi connectivity index (χ1v) is 9.10. The van der Waals surface area contributed by atoms with Gasteiger partial charge in [-0.15, -0.1) is 0 Å². The molecule has 1 fully saturated rings. The molecular weight excluding hydrogens is 412 g/mol. The Bertz CT molecular complexity index is 935. The lowest BCUT2D eigenvalue weighted by atomic mass is 9.97. The van der Waals surface area contributed by atoms with Crippen LogP contribution in [0.5, 0.6) is 0 Å². The molecule has 1 aliphatic heterocycles. The SMILES string of the molecule is Cc1ccc(C)c(CN2C(=O)O[C@H](c3cc(C(F)(F)F)cc(C(F)(F)F)c3)[C@@H]2C)c1. The molecule has 9 heteroatoms. The monoisotopic (exact) mass is 431 g/mol. The number of rotatable bonds is 3. The van der Waals surface area contributed by atoms with Crippen LogP contribution in [0.4, 0.5) is 31.1 Å². The predicted molar refractivity (Wildman–Crippen MR) is 96.6 cm³/mol. The van der Waals surface area contributed by atoms with Crippen LogP contribution in [0.2, 0.25) is 0 Å². The van der Waals surface area contributed by atoms with Gasteiger partial charge in [-0.3, -0.25) is 4.90 Å². The van der Waals surface area contributed by atoms with E-state index in [1.54, 1.807) is 0 Å². The molecule has 162 valence electrons. The molecule has 0 bridgehead atoms. The lowest BCUT2D eigenvalue weighted by molar-refractivity contribution is -0.143. The van der Waals surface area contributed by atoms with Gasteiger partial charge in [-0.25, -0.2) is 4.79 Å². The van der Waals surface area contributed by atoms with Crippen LogP contribution in [0.15, 0.2) is 36.4 Å². The number of alkyl halides is 6. The largest absolute Gasteiger partial charge is 0.439 e. The maximum atomic E-state index is 13.2. The van der Waals surface area contributed by atoms with Gasteiger partial charge in [0.1, 0.15) is 6.10 Å². The Balaban J connectivity index is 1.97. The lowest BCUT2D eigenvalue weighted by Gasteiger charge is -2.23. The van der Waals surface area contributed by atoms with Crippen molar-refractivity contribution in [2.75, 3.05) is 0 Å². The minimum Gasteiger partial charge on any atom is -0.439 e. The highest BCUT2D eigenvalue weighted by Crippen LogP contribution is 2.41. The Morgan fingerprint density at radius 2 is 1.50 bits per heavy atom. The molecule has 2 aromatic rings. The van der Waals surface area contributed by atoms with Gasteiger partial charge in [-0.1, -0.05) is 23.8 Å². The van der Waals surface area contributed by atoms with E-state index < -0.39 is 41.7 Å². The first-order chi connectivity index (χ1) is 13.8. The van der Waals surface area contributed by atoms with Gasteiger partial charge >= 0.3 is 18.4 Å². The molecule has 30 heavy (non-hydrogen) atoms. The van der Waals surface area contributed by atoms with Crippen molar-refractivity contribution in [3.8, 4) is 0 Å². The molecule has 0 aromatic heterocycles. The number of benzene rings is 2. The zero-order chi connectivity index (χ0) is 22.4. The van der Waals surface area contributed by atoms with E-state index in [-0.39, 0.29) is 18.2 Å². The first kappa shape index (κ1) is 22.0. The zero-order valence-electron chi connectivity index (χ0n) is 16.4. The second-order valence-electron chi connectivity index (χ2n) is 7.44. The van der Waals surface area contributed by atoms with Crippen molar-refractivity contribution in [2.45, 2.75) is 51.8 Å². The van der Waals surface area contributed by atoms with Crippen LogP contribution in [-0.4, -0.2) is 17.0 Å². The highest BCUT2D eigenvalue weighted by atomic mass is 19.4. The maximum Gasteiger partial charge on any atom is 0.416 e. The summed E-state index contributed by atoms with van der Waals surface area (Å²) in [5, 5.41) is 0. The van der Waals surface area contributed by atoms with Gasteiger partial charge in [0.2, 0.25) is 0 Å². The summed E-state index contributed by atoms with van der Waals surface area (Å²) in [4.78, 5) is 13.7. The zero-order valence-corrected chi connectivity index (χ0v) is 16.4. The van der Waals surface area contributed by atoms with Gasteiger partial charge in [0.15, 0.2) is 0 Å². The average Bonchev–Trinajstić information content (AvgIpc) is 2.91. The molecule has 1 aliphatic rings. The van der Waals surface area contributed by atoms with Crippen molar-refractivity contribution in [3.05, 3.63) is 69.8 Å². The minimum absolute atomic E-state index is 0.0544. The van der Waals surface area contributed by atoms with Crippen LogP contribution in [0, 0.1) is 13.8 Å². The number of nitrogens with zero attached hydrogens (tertiary/aromatic N) is 1. The van der Waals surface area contributed by atoms with Crippen molar-refractivity contribution in [1.29, 1.82) is 0 Å². The topological polar surface area (TPSA) is 29.5 Å². The Labute approximate surface area is 169 Å². The molecule has 0 spiro atoms. The summed E-state index contributed by atoms with van der Waals surface area (Å²) in [7, 11) is 0. The number of amides is 1. The van der Waals surface area contributed by atoms with Crippen LogP contribution in [0.25, 0.3) is 0 Å². The van der Waals surface area contributed by atoms with Crippen LogP contribution < -0.4 is 0 Å². The van der Waals surface area contributed by atoms with E-state index in [2.05, 4.69) is 0 Å². The van der Waals surface area contributed by atoms with Gasteiger partial charge in [0.25, 0.3) is 0 Å². The number of ether oxygens (including phenoxy) is 1. The van der Waals surface area contributed by atoms with Gasteiger partial charge in [-0.2, -0.15) is 26.3 Å². The van der Waals surface area contributed by atoms with Gasteiger partial charge in [0, 0.05) is 6.54 Å². The smallest absolute Gasteiger partial charge is 0.416 e. The Kier molecular flexibility index (Phi) is 5.51. The van der Waals surface area contributed by atoms with Crippen LogP contribution in [0.1, 0.15) is 46.4 Å². The van der Waals surface area contributed by atoms with Gasteiger partial charge < -0.3 is 4.74 Å². The summed E-state index contributed by atoms with van der Waals surface area (Å²) in [5.41, 5.74) is -0.546. The molecule has 1 heterocycles. The fraction of sp³-hybridized carbons (Fsp3) is 0.381. The van der Waals surface area contributed by atoms with E-state index in [0.29, 0.717) is 12.1 Å². The fourth-order valence-electron chi connectivity index (χ4n) is 3.46. The Morgan fingerprint density at radius 1 is 0.933 bits per heavy atom. The van der Waals surface area contributed by atoms with Gasteiger partial charge in [-0.05, 0) is 55.7 Å².